The van der Waals surface area contributed by atoms with Crippen LogP contribution in [0.15, 0.2) is 42.9 Å². The number of nitrogens with zero attached hydrogens (tertiary/aromatic N) is 4. The second kappa shape index (κ2) is 9.13. The van der Waals surface area contributed by atoms with Gasteiger partial charge in [0, 0.05) is 17.0 Å². The third-order valence-electron chi connectivity index (χ3n) is 6.99. The SMILES string of the molecule is CC(C)Cc1ncnc2c1ccn2[C@@H]1C[C@H](CCc2ccc3cc(Cl)c(N)nc3c2)[C@@H](O)[C@H]1O. The summed E-state index contributed by atoms with van der Waals surface area (Å²) < 4.78 is 2.02. The number of hydrogen-bond donors (Lipinski definition) is 3. The number of nitrogens with two attached hydrogens (primary N) is 1. The van der Waals surface area contributed by atoms with Crippen molar-refractivity contribution in [2.75, 3.05) is 5.73 Å². The highest BCUT2D eigenvalue weighted by Crippen LogP contribution is 2.39. The lowest BCUT2D eigenvalue weighted by Crippen LogP contribution is -2.29. The van der Waals surface area contributed by atoms with Gasteiger partial charge < -0.3 is 20.5 Å². The summed E-state index contributed by atoms with van der Waals surface area (Å²) in [6, 6.07) is 9.69. The number of aromatic nitrogens is 4. The molecule has 4 aromatic rings. The maximum absolute atomic E-state index is 10.9. The molecule has 0 saturated heterocycles. The number of fused-ring (bicyclic) bond motifs is 2. The Morgan fingerprint density at radius 1 is 1.15 bits per heavy atom. The first kappa shape index (κ1) is 23.0. The van der Waals surface area contributed by atoms with Crippen LogP contribution in [0.2, 0.25) is 5.02 Å². The highest BCUT2D eigenvalue weighted by molar-refractivity contribution is 6.33. The number of anilines is 1. The summed E-state index contributed by atoms with van der Waals surface area (Å²) in [6.07, 6.45) is 5.03. The van der Waals surface area contributed by atoms with Crippen LogP contribution in [0.1, 0.15) is 44.0 Å². The van der Waals surface area contributed by atoms with Gasteiger partial charge in [-0.1, -0.05) is 37.6 Å². The van der Waals surface area contributed by atoms with Crippen LogP contribution in [-0.4, -0.2) is 41.9 Å². The maximum atomic E-state index is 10.9. The van der Waals surface area contributed by atoms with E-state index >= 15 is 0 Å². The lowest BCUT2D eigenvalue weighted by Gasteiger charge is -2.19. The van der Waals surface area contributed by atoms with Gasteiger partial charge in [0.2, 0.25) is 0 Å². The van der Waals surface area contributed by atoms with E-state index in [1.807, 2.05) is 35.0 Å². The minimum Gasteiger partial charge on any atom is -0.390 e. The Bertz CT molecular complexity index is 1340. The quantitative estimate of drug-likeness (QED) is 0.379. The Hall–Kier alpha value is -2.74. The molecule has 1 saturated carbocycles. The first-order chi connectivity index (χ1) is 16.3. The number of aliphatic hydroxyl groups excluding tert-OH is 2. The molecular weight excluding hydrogens is 450 g/mol. The van der Waals surface area contributed by atoms with Crippen molar-refractivity contribution < 1.29 is 10.2 Å². The molecule has 1 aliphatic rings. The van der Waals surface area contributed by atoms with Crippen molar-refractivity contribution in [3.8, 4) is 0 Å². The van der Waals surface area contributed by atoms with Crippen LogP contribution in [0, 0.1) is 11.8 Å². The van der Waals surface area contributed by atoms with Gasteiger partial charge in [0.05, 0.1) is 28.4 Å². The lowest BCUT2D eigenvalue weighted by atomic mass is 9.95. The van der Waals surface area contributed by atoms with Crippen molar-refractivity contribution in [2.45, 2.75) is 57.8 Å². The molecule has 0 radical (unpaired) electrons. The second-order valence-electron chi connectivity index (χ2n) is 9.84. The van der Waals surface area contributed by atoms with E-state index in [9.17, 15) is 10.2 Å². The van der Waals surface area contributed by atoms with Gasteiger partial charge in [-0.15, -0.1) is 0 Å². The highest BCUT2D eigenvalue weighted by Gasteiger charge is 2.42. The number of nitrogen functional groups attached to an aromatic ring is 1. The maximum Gasteiger partial charge on any atom is 0.143 e. The van der Waals surface area contributed by atoms with E-state index in [2.05, 4.69) is 34.9 Å². The monoisotopic (exact) mass is 479 g/mol. The van der Waals surface area contributed by atoms with Gasteiger partial charge in [-0.3, -0.25) is 0 Å². The van der Waals surface area contributed by atoms with E-state index in [1.54, 1.807) is 6.33 Å². The van der Waals surface area contributed by atoms with Gasteiger partial charge in [-0.05, 0) is 61.3 Å². The summed E-state index contributed by atoms with van der Waals surface area (Å²) >= 11 is 6.08. The zero-order valence-electron chi connectivity index (χ0n) is 19.4. The summed E-state index contributed by atoms with van der Waals surface area (Å²) in [4.78, 5) is 13.4. The molecule has 8 heteroatoms. The van der Waals surface area contributed by atoms with Gasteiger partial charge in [0.25, 0.3) is 0 Å². The average molecular weight is 480 g/mol. The molecule has 4 atom stereocenters. The Labute approximate surface area is 203 Å². The van der Waals surface area contributed by atoms with Crippen LogP contribution in [0.3, 0.4) is 0 Å². The zero-order valence-corrected chi connectivity index (χ0v) is 20.2. The van der Waals surface area contributed by atoms with Crippen molar-refractivity contribution >= 4 is 39.4 Å². The Morgan fingerprint density at radius 2 is 1.97 bits per heavy atom. The molecule has 1 fully saturated rings. The minimum absolute atomic E-state index is 0.0200. The minimum atomic E-state index is -0.843. The van der Waals surface area contributed by atoms with Crippen LogP contribution < -0.4 is 5.73 Å². The van der Waals surface area contributed by atoms with Gasteiger partial charge in [-0.25, -0.2) is 15.0 Å². The molecule has 3 aromatic heterocycles. The molecule has 0 spiro atoms. The number of aryl methyl sites for hydroxylation is 1. The zero-order chi connectivity index (χ0) is 24.0. The van der Waals surface area contributed by atoms with Crippen LogP contribution in [0.5, 0.6) is 0 Å². The molecule has 178 valence electrons. The van der Waals surface area contributed by atoms with Gasteiger partial charge in [0.15, 0.2) is 0 Å². The van der Waals surface area contributed by atoms with Crippen LogP contribution >= 0.6 is 11.6 Å². The fourth-order valence-corrected chi connectivity index (χ4v) is 5.37. The van der Waals surface area contributed by atoms with Gasteiger partial charge in [0.1, 0.15) is 23.9 Å². The molecule has 4 N–H and O–H groups in total. The topological polar surface area (TPSA) is 110 Å². The summed E-state index contributed by atoms with van der Waals surface area (Å²) in [5.74, 6) is 0.791. The fraction of sp³-hybridized carbons (Fsp3) is 0.423. The third-order valence-corrected chi connectivity index (χ3v) is 7.29. The first-order valence-corrected chi connectivity index (χ1v) is 12.2. The van der Waals surface area contributed by atoms with Crippen molar-refractivity contribution in [3.05, 3.63) is 59.1 Å². The van der Waals surface area contributed by atoms with Crippen LogP contribution in [-0.2, 0) is 12.8 Å². The largest absolute Gasteiger partial charge is 0.390 e. The number of aliphatic hydroxyl groups is 2. The summed E-state index contributed by atoms with van der Waals surface area (Å²) in [7, 11) is 0. The normalized spacial score (nSPS) is 22.9. The molecule has 1 aromatic carbocycles. The molecule has 7 nitrogen and oxygen atoms in total. The van der Waals surface area contributed by atoms with Gasteiger partial charge >= 0.3 is 0 Å². The molecule has 3 heterocycles. The van der Waals surface area contributed by atoms with Crippen molar-refractivity contribution in [2.24, 2.45) is 11.8 Å². The summed E-state index contributed by atoms with van der Waals surface area (Å²) in [6.45, 7) is 4.34. The van der Waals surface area contributed by atoms with E-state index in [-0.39, 0.29) is 12.0 Å². The fourth-order valence-electron chi connectivity index (χ4n) is 5.21. The molecule has 1 aliphatic carbocycles. The third kappa shape index (κ3) is 4.24. The van der Waals surface area contributed by atoms with E-state index in [0.29, 0.717) is 23.2 Å². The van der Waals surface area contributed by atoms with Crippen LogP contribution in [0.25, 0.3) is 21.9 Å². The second-order valence-corrected chi connectivity index (χ2v) is 10.3. The Kier molecular flexibility index (Phi) is 6.18. The molecule has 0 bridgehead atoms. The van der Waals surface area contributed by atoms with Crippen molar-refractivity contribution in [3.63, 3.8) is 0 Å². The number of pyridine rings is 1. The summed E-state index contributed by atoms with van der Waals surface area (Å²) in [5.41, 5.74) is 9.62. The molecule has 0 amide bonds. The smallest absolute Gasteiger partial charge is 0.143 e. The molecule has 0 unspecified atom stereocenters. The molecule has 34 heavy (non-hydrogen) atoms. The van der Waals surface area contributed by atoms with E-state index in [1.165, 1.54) is 0 Å². The Balaban J connectivity index is 1.33. The standard InChI is InChI=1S/C26H30ClN5O2/c1-14(2)9-21-18-7-8-32(26(18)30-13-29-21)22-12-17(23(33)24(22)34)6-4-15-3-5-16-11-19(27)25(28)31-20(16)10-15/h3,5,7-8,10-11,13-14,17,22-24,33-34H,4,6,9,12H2,1-2H3,(H2,28,31)/t17-,22+,23+,24-/m0/s1. The van der Waals surface area contributed by atoms with Gasteiger partial charge in [-0.2, -0.15) is 0 Å². The predicted octanol–water partition coefficient (Wildman–Crippen LogP) is 4.33. The number of benzene rings is 1. The molecule has 0 aliphatic heterocycles. The van der Waals surface area contributed by atoms with Crippen molar-refractivity contribution in [1.29, 1.82) is 0 Å². The number of halogens is 1. The Morgan fingerprint density at radius 3 is 2.76 bits per heavy atom. The predicted molar refractivity (Wildman–Crippen MR) is 135 cm³/mol. The first-order valence-electron chi connectivity index (χ1n) is 11.8. The number of hydrogen-bond acceptors (Lipinski definition) is 6. The van der Waals surface area contributed by atoms with Crippen molar-refractivity contribution in [1.82, 2.24) is 19.5 Å². The highest BCUT2D eigenvalue weighted by atomic mass is 35.5. The average Bonchev–Trinajstić information content (AvgIpc) is 3.35. The lowest BCUT2D eigenvalue weighted by molar-refractivity contribution is 0.00545. The molecular formula is C26H30ClN5O2. The number of rotatable bonds is 6. The van der Waals surface area contributed by atoms with E-state index < -0.39 is 12.2 Å². The molecule has 5 rings (SSSR count). The summed E-state index contributed by atoms with van der Waals surface area (Å²) in [5, 5.41) is 24.2. The van der Waals surface area contributed by atoms with E-state index in [4.69, 9.17) is 17.3 Å². The van der Waals surface area contributed by atoms with E-state index in [0.717, 1.165) is 52.5 Å². The van der Waals surface area contributed by atoms with Crippen LogP contribution in [0.4, 0.5) is 5.82 Å².